The Hall–Kier alpha value is -2.34. The average molecular weight is 368 g/mol. The SMILES string of the molecule is O=C(NCCCN1CCN(c2ccccc2)CC1)c1noc2c1CCCC2. The van der Waals surface area contributed by atoms with Crippen LogP contribution in [-0.2, 0) is 12.8 Å². The van der Waals surface area contributed by atoms with Crippen molar-refractivity contribution in [3.63, 3.8) is 0 Å². The first-order valence-electron chi connectivity index (χ1n) is 10.1. The van der Waals surface area contributed by atoms with Crippen LogP contribution in [0.4, 0.5) is 5.69 Å². The number of aryl methyl sites for hydroxylation is 1. The van der Waals surface area contributed by atoms with Crippen LogP contribution >= 0.6 is 0 Å². The number of carbonyl (C=O) groups excluding carboxylic acids is 1. The molecule has 1 aromatic carbocycles. The standard InChI is InChI=1S/C21H28N4O2/c26-21(20-18-9-4-5-10-19(18)27-23-20)22-11-6-12-24-13-15-25(16-14-24)17-7-2-1-3-8-17/h1-3,7-8H,4-6,9-16H2,(H,22,26). The van der Waals surface area contributed by atoms with Crippen molar-refractivity contribution in [1.82, 2.24) is 15.4 Å². The molecule has 144 valence electrons. The van der Waals surface area contributed by atoms with Gasteiger partial charge in [-0.3, -0.25) is 9.69 Å². The van der Waals surface area contributed by atoms with E-state index in [1.54, 1.807) is 0 Å². The van der Waals surface area contributed by atoms with Crippen LogP contribution in [0.15, 0.2) is 34.9 Å². The fourth-order valence-electron chi connectivity index (χ4n) is 4.02. The van der Waals surface area contributed by atoms with Crippen molar-refractivity contribution < 1.29 is 9.32 Å². The van der Waals surface area contributed by atoms with Crippen LogP contribution in [-0.4, -0.2) is 55.2 Å². The number of anilines is 1. The highest BCUT2D eigenvalue weighted by molar-refractivity contribution is 5.93. The molecule has 4 rings (SSSR count). The topological polar surface area (TPSA) is 61.6 Å². The Morgan fingerprint density at radius 3 is 2.67 bits per heavy atom. The molecule has 1 amide bonds. The maximum absolute atomic E-state index is 12.4. The molecule has 0 bridgehead atoms. The summed E-state index contributed by atoms with van der Waals surface area (Å²) in [5.41, 5.74) is 2.83. The van der Waals surface area contributed by atoms with Gasteiger partial charge in [0.15, 0.2) is 5.69 Å². The first-order chi connectivity index (χ1) is 13.3. The minimum Gasteiger partial charge on any atom is -0.369 e. The molecular weight excluding hydrogens is 340 g/mol. The van der Waals surface area contributed by atoms with Gasteiger partial charge in [0.25, 0.3) is 5.91 Å². The largest absolute Gasteiger partial charge is 0.369 e. The summed E-state index contributed by atoms with van der Waals surface area (Å²) in [6, 6.07) is 10.6. The zero-order valence-corrected chi connectivity index (χ0v) is 15.8. The number of nitrogens with one attached hydrogen (secondary N) is 1. The molecule has 1 N–H and O–H groups in total. The lowest BCUT2D eigenvalue weighted by Crippen LogP contribution is -2.47. The zero-order chi connectivity index (χ0) is 18.5. The van der Waals surface area contributed by atoms with Crippen molar-refractivity contribution >= 4 is 11.6 Å². The highest BCUT2D eigenvalue weighted by atomic mass is 16.5. The normalized spacial score (nSPS) is 17.6. The first kappa shape index (κ1) is 18.0. The number of aromatic nitrogens is 1. The second-order valence-electron chi connectivity index (χ2n) is 7.41. The molecule has 1 aliphatic heterocycles. The third-order valence-electron chi connectivity index (χ3n) is 5.60. The monoisotopic (exact) mass is 368 g/mol. The van der Waals surface area contributed by atoms with Gasteiger partial charge in [0.2, 0.25) is 0 Å². The van der Waals surface area contributed by atoms with E-state index in [1.165, 1.54) is 5.69 Å². The summed E-state index contributed by atoms with van der Waals surface area (Å²) in [6.45, 7) is 5.95. The summed E-state index contributed by atoms with van der Waals surface area (Å²) < 4.78 is 5.33. The van der Waals surface area contributed by atoms with Crippen molar-refractivity contribution in [3.8, 4) is 0 Å². The number of benzene rings is 1. The van der Waals surface area contributed by atoms with Gasteiger partial charge in [-0.05, 0) is 44.4 Å². The van der Waals surface area contributed by atoms with E-state index in [1.807, 2.05) is 0 Å². The van der Waals surface area contributed by atoms with E-state index < -0.39 is 0 Å². The maximum atomic E-state index is 12.4. The van der Waals surface area contributed by atoms with Crippen molar-refractivity contribution in [2.45, 2.75) is 32.1 Å². The summed E-state index contributed by atoms with van der Waals surface area (Å²) in [5.74, 6) is 0.818. The lowest BCUT2D eigenvalue weighted by atomic mass is 9.96. The first-order valence-corrected chi connectivity index (χ1v) is 10.1. The molecule has 2 heterocycles. The number of nitrogens with zero attached hydrogens (tertiary/aromatic N) is 3. The van der Waals surface area contributed by atoms with Gasteiger partial charge in [0.1, 0.15) is 5.76 Å². The molecule has 0 atom stereocenters. The summed E-state index contributed by atoms with van der Waals surface area (Å²) in [7, 11) is 0. The van der Waals surface area contributed by atoms with Gasteiger partial charge in [-0.1, -0.05) is 23.4 Å². The molecular formula is C21H28N4O2. The van der Waals surface area contributed by atoms with Gasteiger partial charge < -0.3 is 14.7 Å². The number of piperazine rings is 1. The van der Waals surface area contributed by atoms with Crippen LogP contribution in [0.3, 0.4) is 0 Å². The van der Waals surface area contributed by atoms with Gasteiger partial charge in [-0.25, -0.2) is 0 Å². The Labute approximate surface area is 160 Å². The molecule has 0 spiro atoms. The third kappa shape index (κ3) is 4.33. The molecule has 1 aliphatic carbocycles. The molecule has 1 aromatic heterocycles. The number of para-hydroxylation sites is 1. The molecule has 0 unspecified atom stereocenters. The Bertz CT molecular complexity index is 751. The van der Waals surface area contributed by atoms with Gasteiger partial charge in [0, 0.05) is 50.4 Å². The van der Waals surface area contributed by atoms with Crippen molar-refractivity contribution in [2.24, 2.45) is 0 Å². The van der Waals surface area contributed by atoms with E-state index >= 15 is 0 Å². The Balaban J connectivity index is 1.17. The number of carbonyl (C=O) groups is 1. The fraction of sp³-hybridized carbons (Fsp3) is 0.524. The molecule has 2 aliphatic rings. The van der Waals surface area contributed by atoms with Crippen LogP contribution in [0.25, 0.3) is 0 Å². The summed E-state index contributed by atoms with van der Waals surface area (Å²) in [6.07, 6.45) is 5.01. The second kappa shape index (κ2) is 8.57. The average Bonchev–Trinajstić information content (AvgIpc) is 3.16. The predicted octanol–water partition coefficient (Wildman–Crippen LogP) is 2.50. The van der Waals surface area contributed by atoms with Crippen molar-refractivity contribution in [3.05, 3.63) is 47.3 Å². The second-order valence-corrected chi connectivity index (χ2v) is 7.41. The zero-order valence-electron chi connectivity index (χ0n) is 15.8. The Morgan fingerprint density at radius 1 is 1.07 bits per heavy atom. The van der Waals surface area contributed by atoms with Crippen LogP contribution in [0.1, 0.15) is 41.1 Å². The van der Waals surface area contributed by atoms with Crippen LogP contribution < -0.4 is 10.2 Å². The lowest BCUT2D eigenvalue weighted by Gasteiger charge is -2.36. The van der Waals surface area contributed by atoms with Crippen molar-refractivity contribution in [1.29, 1.82) is 0 Å². The molecule has 6 nitrogen and oxygen atoms in total. The number of fused-ring (bicyclic) bond motifs is 1. The lowest BCUT2D eigenvalue weighted by molar-refractivity contribution is 0.0941. The van der Waals surface area contributed by atoms with Gasteiger partial charge >= 0.3 is 0 Å². The Kier molecular flexibility index (Phi) is 5.72. The highest BCUT2D eigenvalue weighted by Gasteiger charge is 2.23. The summed E-state index contributed by atoms with van der Waals surface area (Å²) in [4.78, 5) is 17.3. The van der Waals surface area contributed by atoms with E-state index in [0.29, 0.717) is 12.2 Å². The van der Waals surface area contributed by atoms with Crippen molar-refractivity contribution in [2.75, 3.05) is 44.2 Å². The highest BCUT2D eigenvalue weighted by Crippen LogP contribution is 2.24. The third-order valence-corrected chi connectivity index (χ3v) is 5.60. The number of hydrogen-bond donors (Lipinski definition) is 1. The smallest absolute Gasteiger partial charge is 0.273 e. The van der Waals surface area contributed by atoms with E-state index in [9.17, 15) is 4.79 Å². The van der Waals surface area contributed by atoms with Gasteiger partial charge in [0.05, 0.1) is 0 Å². The molecule has 27 heavy (non-hydrogen) atoms. The summed E-state index contributed by atoms with van der Waals surface area (Å²) >= 11 is 0. The molecule has 1 saturated heterocycles. The molecule has 0 radical (unpaired) electrons. The van der Waals surface area contributed by atoms with E-state index in [2.05, 4.69) is 50.6 Å². The van der Waals surface area contributed by atoms with Crippen LogP contribution in [0, 0.1) is 0 Å². The van der Waals surface area contributed by atoms with E-state index in [-0.39, 0.29) is 5.91 Å². The molecule has 1 fully saturated rings. The summed E-state index contributed by atoms with van der Waals surface area (Å²) in [5, 5.41) is 7.01. The Morgan fingerprint density at radius 2 is 1.85 bits per heavy atom. The number of amides is 1. The molecule has 6 heteroatoms. The van der Waals surface area contributed by atoms with E-state index in [0.717, 1.165) is 76.2 Å². The predicted molar refractivity (Wildman–Crippen MR) is 105 cm³/mol. The van der Waals surface area contributed by atoms with Gasteiger partial charge in [-0.2, -0.15) is 0 Å². The van der Waals surface area contributed by atoms with E-state index in [4.69, 9.17) is 4.52 Å². The van der Waals surface area contributed by atoms with Crippen LogP contribution in [0.2, 0.25) is 0 Å². The van der Waals surface area contributed by atoms with Crippen LogP contribution in [0.5, 0.6) is 0 Å². The molecule has 0 saturated carbocycles. The maximum Gasteiger partial charge on any atom is 0.273 e. The quantitative estimate of drug-likeness (QED) is 0.794. The molecule has 2 aromatic rings. The number of hydrogen-bond acceptors (Lipinski definition) is 5. The minimum atomic E-state index is -0.0872. The fourth-order valence-corrected chi connectivity index (χ4v) is 4.02. The van der Waals surface area contributed by atoms with Gasteiger partial charge in [-0.15, -0.1) is 0 Å². The minimum absolute atomic E-state index is 0.0872. The number of rotatable bonds is 6.